The second-order valence-corrected chi connectivity index (χ2v) is 27.5. The maximum Gasteiger partial charge on any atom is 0.326 e. The van der Waals surface area contributed by atoms with E-state index < -0.39 is 299 Å². The quantitative estimate of drug-likeness (QED) is 0.0153. The van der Waals surface area contributed by atoms with Crippen LogP contribution < -0.4 is 115 Å². The molecule has 0 unspecified atom stereocenters. The third-order valence-corrected chi connectivity index (χ3v) is 16.5. The van der Waals surface area contributed by atoms with E-state index in [2.05, 4.69) is 42.2 Å². The van der Waals surface area contributed by atoms with Gasteiger partial charge in [0, 0.05) is 25.8 Å². The van der Waals surface area contributed by atoms with E-state index in [-0.39, 0.29) is 75.8 Å². The molecular formula is C66H112N22O29. The number of carbonyl (C=O) groups is 21. The second kappa shape index (κ2) is 54.6. The Morgan fingerprint density at radius 1 is 0.316 bits per heavy atom. The highest BCUT2D eigenvalue weighted by Crippen LogP contribution is 2.14. The lowest BCUT2D eigenvalue weighted by atomic mass is 10.00. The summed E-state index contributed by atoms with van der Waals surface area (Å²) in [7, 11) is 0. The van der Waals surface area contributed by atoms with E-state index >= 15 is 0 Å². The van der Waals surface area contributed by atoms with E-state index in [1.165, 1.54) is 0 Å². The van der Waals surface area contributed by atoms with E-state index in [9.17, 15) is 142 Å². The summed E-state index contributed by atoms with van der Waals surface area (Å²) >= 11 is 0. The number of amides is 17. The van der Waals surface area contributed by atoms with E-state index in [1.54, 1.807) is 27.7 Å². The Labute approximate surface area is 668 Å². The van der Waals surface area contributed by atoms with Gasteiger partial charge in [-0.2, -0.15) is 0 Å². The first-order valence-electron chi connectivity index (χ1n) is 36.6. The molecule has 0 aromatic heterocycles. The number of carboxylic acid groups (broad SMARTS) is 4. The van der Waals surface area contributed by atoms with Crippen molar-refractivity contribution in [2.24, 2.45) is 57.0 Å². The summed E-state index contributed by atoms with van der Waals surface area (Å²) in [5, 5.41) is 109. The van der Waals surface area contributed by atoms with E-state index in [0.29, 0.717) is 0 Å². The van der Waals surface area contributed by atoms with Crippen molar-refractivity contribution in [2.75, 3.05) is 39.5 Å². The first-order valence-corrected chi connectivity index (χ1v) is 36.6. The maximum atomic E-state index is 14.3. The summed E-state index contributed by atoms with van der Waals surface area (Å²) in [6.07, 6.45) is -11.7. The number of nitrogens with two attached hydrogens (primary N) is 7. The smallest absolute Gasteiger partial charge is 0.326 e. The minimum absolute atomic E-state index is 0.0113. The first kappa shape index (κ1) is 105. The van der Waals surface area contributed by atoms with Crippen LogP contribution in [0, 0.1) is 11.8 Å². The van der Waals surface area contributed by atoms with Crippen molar-refractivity contribution in [1.29, 1.82) is 0 Å². The van der Waals surface area contributed by atoms with Gasteiger partial charge in [-0.1, -0.05) is 27.7 Å². The van der Waals surface area contributed by atoms with Crippen LogP contribution in [0.15, 0.2) is 4.99 Å². The number of aliphatic hydroxyl groups is 4. The Morgan fingerprint density at radius 3 is 0.880 bits per heavy atom. The zero-order valence-electron chi connectivity index (χ0n) is 65.0. The number of carboxylic acids is 4. The SMILES string of the molecule is CC(C)C[C@H](NC(=O)[C@H](CC(C)C)NC(=O)[C@H](CCCN=C(N)N)NC(=O)[C@H](CO)NC(=O)[C@H](CCCCN)NC(=O)[C@H](CCC(=O)O)NC(=O)[C@H](CCC(=O)O)NC(=O)[C@H](CCC(=O)O)NC(=O)[C@H](CC(N)=O)NC(=O)[C@H](CC(N)=O)NC(=O)[C@H](CC(N)=O)NC(=O)[C@@H](NC(=O)[C@H](CO)NC(=O)[C@H](CO)NC(=O)CN)[C@@H](C)O)C(=O)O. The van der Waals surface area contributed by atoms with Crippen molar-refractivity contribution in [3.8, 4) is 0 Å². The van der Waals surface area contributed by atoms with Gasteiger partial charge >= 0.3 is 23.9 Å². The van der Waals surface area contributed by atoms with Crippen LogP contribution in [0.5, 0.6) is 0 Å². The number of rotatable bonds is 60. The summed E-state index contributed by atoms with van der Waals surface area (Å²) < 4.78 is 0. The highest BCUT2D eigenvalue weighted by Gasteiger charge is 2.40. The molecule has 660 valence electrons. The average molecular weight is 1680 g/mol. The van der Waals surface area contributed by atoms with Gasteiger partial charge in [-0.25, -0.2) is 4.79 Å². The largest absolute Gasteiger partial charge is 0.481 e. The molecule has 0 aliphatic heterocycles. The van der Waals surface area contributed by atoms with Gasteiger partial charge in [0.1, 0.15) is 84.6 Å². The normalized spacial score (nSPS) is 14.8. The molecule has 0 aromatic carbocycles. The van der Waals surface area contributed by atoms with Gasteiger partial charge in [0.25, 0.3) is 0 Å². The zero-order chi connectivity index (χ0) is 89.7. The Kier molecular flexibility index (Phi) is 49.0. The molecule has 36 N–H and O–H groups in total. The number of nitrogens with one attached hydrogen (secondary N) is 14. The van der Waals surface area contributed by atoms with Crippen LogP contribution in [0.1, 0.15) is 137 Å². The Morgan fingerprint density at radius 2 is 0.581 bits per heavy atom. The lowest BCUT2D eigenvalue weighted by Crippen LogP contribution is -2.63. The monoisotopic (exact) mass is 1680 g/mol. The maximum absolute atomic E-state index is 14.3. The van der Waals surface area contributed by atoms with Crippen molar-refractivity contribution >= 4 is 130 Å². The van der Waals surface area contributed by atoms with Crippen LogP contribution in [0.25, 0.3) is 0 Å². The van der Waals surface area contributed by atoms with Crippen LogP contribution in [-0.2, 0) is 101 Å². The predicted molar refractivity (Wildman–Crippen MR) is 400 cm³/mol. The molecule has 0 aliphatic rings. The summed E-state index contributed by atoms with van der Waals surface area (Å²) in [6.45, 7) is 3.57. The molecule has 0 radical (unpaired) electrons. The molecule has 51 heteroatoms. The number of nitrogens with zero attached hydrogens (tertiary/aromatic N) is 1. The topological polar surface area (TPSA) is 883 Å². The number of aliphatic carboxylic acids is 4. The Hall–Kier alpha value is -12.1. The molecule has 0 heterocycles. The standard InChI is InChI=1S/C66H112N22O29/c1-28(2)19-36(57(108)85-40(65(116)117)20-29(3)4)81-52(103)32(10-8-18-74-66(72)73)77-62(113)42(26-90)86-53(104)31(9-6-7-17-67)76-54(105)33(11-14-48(97)98)78-55(106)34(12-15-49(99)100)79-56(107)35(13-16-50(101)102)80-58(109)37(21-44(69)93)82-59(110)38(22-45(70)94)83-60(111)39(23-46(71)95)84-64(115)51(30(5)92)88-63(114)43(27-91)87-61(112)41(25-89)75-47(96)24-68/h28-43,51,89-92H,6-27,67-68H2,1-5H3,(H2,69,93)(H2,70,94)(H2,71,95)(H,75,96)(H,76,105)(H,77,113)(H,78,106)(H,79,107)(H,80,109)(H,81,103)(H,82,110)(H,83,111)(H,84,115)(H,85,108)(H,86,104)(H,87,112)(H,88,114)(H,97,98)(H,99,100)(H,101,102)(H,116,117)(H4,72,73,74)/t30-,31+,32+,33+,34+,35+,36+,37+,38+,39+,40+,41+,42+,43+,51+/m1/s1. The molecule has 0 saturated heterocycles. The fourth-order valence-electron chi connectivity index (χ4n) is 10.5. The van der Waals surface area contributed by atoms with Crippen molar-refractivity contribution in [1.82, 2.24) is 74.4 Å². The molecule has 0 spiro atoms. The minimum atomic E-state index is -2.31. The Bertz CT molecular complexity index is 3510. The van der Waals surface area contributed by atoms with Crippen molar-refractivity contribution in [2.45, 2.75) is 228 Å². The molecule has 0 bridgehead atoms. The number of aliphatic imine (C=N–C) groups is 1. The highest BCUT2D eigenvalue weighted by molar-refractivity contribution is 6.02. The van der Waals surface area contributed by atoms with Gasteiger partial charge in [0.2, 0.25) is 100 Å². The number of aliphatic hydroxyl groups excluding tert-OH is 4. The number of hydrogen-bond acceptors (Lipinski definition) is 28. The molecule has 0 saturated carbocycles. The van der Waals surface area contributed by atoms with Crippen molar-refractivity contribution < 1.29 is 142 Å². The van der Waals surface area contributed by atoms with E-state index in [1.807, 2.05) is 37.2 Å². The molecular weight excluding hydrogens is 1560 g/mol. The summed E-state index contributed by atoms with van der Waals surface area (Å²) in [6, 6.07) is -27.1. The molecule has 17 amide bonds. The Balaban J connectivity index is 7.34. The average Bonchev–Trinajstić information content (AvgIpc) is 0.854. The summed E-state index contributed by atoms with van der Waals surface area (Å²) in [4.78, 5) is 281. The van der Waals surface area contributed by atoms with Crippen LogP contribution >= 0.6 is 0 Å². The van der Waals surface area contributed by atoms with Gasteiger partial charge in [-0.3, -0.25) is 101 Å². The highest BCUT2D eigenvalue weighted by atomic mass is 16.4. The number of guanidine groups is 1. The van der Waals surface area contributed by atoms with Gasteiger partial charge in [0.15, 0.2) is 5.96 Å². The molecule has 0 aromatic rings. The van der Waals surface area contributed by atoms with Crippen LogP contribution in [0.4, 0.5) is 0 Å². The van der Waals surface area contributed by atoms with Crippen LogP contribution in [0.3, 0.4) is 0 Å². The first-order chi connectivity index (χ1) is 54.6. The second-order valence-electron chi connectivity index (χ2n) is 27.5. The molecule has 15 atom stereocenters. The fraction of sp³-hybridized carbons (Fsp3) is 0.667. The molecule has 51 nitrogen and oxygen atoms in total. The molecule has 0 aliphatic carbocycles. The number of unbranched alkanes of at least 4 members (excludes halogenated alkanes) is 1. The third-order valence-electron chi connectivity index (χ3n) is 16.5. The number of hydrogen-bond donors (Lipinski definition) is 29. The molecule has 117 heavy (non-hydrogen) atoms. The minimum Gasteiger partial charge on any atom is -0.481 e. The van der Waals surface area contributed by atoms with Gasteiger partial charge in [-0.05, 0) is 89.5 Å². The van der Waals surface area contributed by atoms with Gasteiger partial charge in [-0.15, -0.1) is 0 Å². The zero-order valence-corrected chi connectivity index (χ0v) is 65.0. The van der Waals surface area contributed by atoms with Crippen LogP contribution in [-0.4, -0.2) is 301 Å². The number of primary amides is 3. The molecule has 0 rings (SSSR count). The lowest BCUT2D eigenvalue weighted by molar-refractivity contribution is -0.143. The van der Waals surface area contributed by atoms with Gasteiger partial charge < -0.3 is 155 Å². The van der Waals surface area contributed by atoms with Crippen LogP contribution in [0.2, 0.25) is 0 Å². The predicted octanol–water partition coefficient (Wildman–Crippen LogP) is -14.3. The molecule has 0 fully saturated rings. The van der Waals surface area contributed by atoms with Crippen molar-refractivity contribution in [3.05, 3.63) is 0 Å². The van der Waals surface area contributed by atoms with Crippen molar-refractivity contribution in [3.63, 3.8) is 0 Å². The summed E-state index contributed by atoms with van der Waals surface area (Å²) in [5.74, 6) is -29.9. The third kappa shape index (κ3) is 42.7. The van der Waals surface area contributed by atoms with E-state index in [4.69, 9.17) is 40.1 Å². The van der Waals surface area contributed by atoms with E-state index in [0.717, 1.165) is 6.92 Å². The lowest BCUT2D eigenvalue weighted by Gasteiger charge is -2.28. The number of carbonyl (C=O) groups excluding carboxylic acids is 17. The van der Waals surface area contributed by atoms with Gasteiger partial charge in [0.05, 0.1) is 51.7 Å². The summed E-state index contributed by atoms with van der Waals surface area (Å²) in [5.41, 5.74) is 37.9. The fourth-order valence-corrected chi connectivity index (χ4v) is 10.5.